The molecule has 0 fully saturated rings. The molecule has 0 aliphatic rings. The summed E-state index contributed by atoms with van der Waals surface area (Å²) in [4.78, 5) is 13.4. The Morgan fingerprint density at radius 1 is 1.48 bits per heavy atom. The van der Waals surface area contributed by atoms with Crippen LogP contribution in [0.1, 0.15) is 5.56 Å². The second kappa shape index (κ2) is 7.54. The van der Waals surface area contributed by atoms with Crippen LogP contribution in [0.2, 0.25) is 0 Å². The van der Waals surface area contributed by atoms with Gasteiger partial charge in [-0.25, -0.2) is 8.76 Å². The highest BCUT2D eigenvalue weighted by Crippen LogP contribution is 2.15. The molecule has 0 radical (unpaired) electrons. The normalized spacial score (nSPS) is 10.1. The zero-order valence-electron chi connectivity index (χ0n) is 11.4. The minimum absolute atomic E-state index is 0.181. The number of carbonyl (C=O) groups excluding carboxylic acids is 1. The number of para-hydroxylation sites is 1. The number of hydrogen-bond donors (Lipinski definition) is 0. The molecule has 110 valence electrons. The van der Waals surface area contributed by atoms with E-state index in [4.69, 9.17) is 4.74 Å². The molecule has 0 atom stereocenters. The van der Waals surface area contributed by atoms with Crippen molar-refractivity contribution in [2.45, 2.75) is 6.54 Å². The van der Waals surface area contributed by atoms with Gasteiger partial charge >= 0.3 is 0 Å². The van der Waals surface area contributed by atoms with E-state index >= 15 is 0 Å². The Hall–Kier alpha value is -2.21. The standard InChI is InChI=1S/C15H15FN2O2S/c1-2-15(19)18(10-12-9-17-21-11-12)7-8-20-14-6-4-3-5-13(14)16/h2-6,9,11H,1,7-8,10H2. The molecule has 1 heterocycles. The summed E-state index contributed by atoms with van der Waals surface area (Å²) in [5.74, 6) is -0.430. The molecule has 4 nitrogen and oxygen atoms in total. The topological polar surface area (TPSA) is 42.4 Å². The van der Waals surface area contributed by atoms with Gasteiger partial charge in [0.15, 0.2) is 11.6 Å². The first-order valence-corrected chi connectivity index (χ1v) is 7.21. The molecule has 0 bridgehead atoms. The third kappa shape index (κ3) is 4.39. The fourth-order valence-electron chi connectivity index (χ4n) is 1.75. The van der Waals surface area contributed by atoms with Crippen molar-refractivity contribution in [1.82, 2.24) is 9.27 Å². The summed E-state index contributed by atoms with van der Waals surface area (Å²) in [5, 5.41) is 1.88. The highest BCUT2D eigenvalue weighted by atomic mass is 32.1. The highest BCUT2D eigenvalue weighted by Gasteiger charge is 2.12. The van der Waals surface area contributed by atoms with E-state index in [2.05, 4.69) is 11.0 Å². The first-order valence-electron chi connectivity index (χ1n) is 6.37. The van der Waals surface area contributed by atoms with Gasteiger partial charge in [-0.05, 0) is 29.7 Å². The molecule has 2 aromatic rings. The Bertz CT molecular complexity index is 601. The maximum atomic E-state index is 13.4. The van der Waals surface area contributed by atoms with E-state index in [0.717, 1.165) is 5.56 Å². The van der Waals surface area contributed by atoms with Crippen LogP contribution < -0.4 is 4.74 Å². The molecule has 1 aromatic carbocycles. The number of benzene rings is 1. The Morgan fingerprint density at radius 3 is 2.95 bits per heavy atom. The van der Waals surface area contributed by atoms with Gasteiger partial charge in [-0.1, -0.05) is 18.7 Å². The Balaban J connectivity index is 1.91. The van der Waals surface area contributed by atoms with Crippen LogP contribution in [0.4, 0.5) is 4.39 Å². The summed E-state index contributed by atoms with van der Waals surface area (Å²) in [7, 11) is 0. The summed E-state index contributed by atoms with van der Waals surface area (Å²) in [6.45, 7) is 4.47. The molecule has 0 aliphatic carbocycles. The van der Waals surface area contributed by atoms with Gasteiger partial charge in [0.1, 0.15) is 6.61 Å². The first kappa shape index (κ1) is 15.2. The summed E-state index contributed by atoms with van der Waals surface area (Å²) in [5.41, 5.74) is 0.945. The number of rotatable bonds is 7. The predicted octanol–water partition coefficient (Wildman–Crippen LogP) is 2.88. The van der Waals surface area contributed by atoms with Crippen molar-refractivity contribution in [3.8, 4) is 5.75 Å². The maximum Gasteiger partial charge on any atom is 0.246 e. The maximum absolute atomic E-state index is 13.4. The van der Waals surface area contributed by atoms with Crippen molar-refractivity contribution in [3.63, 3.8) is 0 Å². The van der Waals surface area contributed by atoms with Crippen LogP contribution in [0.25, 0.3) is 0 Å². The number of amides is 1. The summed E-state index contributed by atoms with van der Waals surface area (Å²) in [6, 6.07) is 6.18. The molecule has 1 amide bonds. The van der Waals surface area contributed by atoms with Gasteiger partial charge in [-0.2, -0.15) is 0 Å². The number of nitrogens with zero attached hydrogens (tertiary/aromatic N) is 2. The van der Waals surface area contributed by atoms with Crippen LogP contribution in [0, 0.1) is 5.82 Å². The molecule has 0 spiro atoms. The van der Waals surface area contributed by atoms with Crippen molar-refractivity contribution in [3.05, 3.63) is 59.9 Å². The number of carbonyl (C=O) groups is 1. The third-order valence-corrected chi connectivity index (χ3v) is 3.43. The lowest BCUT2D eigenvalue weighted by Gasteiger charge is -2.20. The zero-order valence-corrected chi connectivity index (χ0v) is 12.2. The molecule has 6 heteroatoms. The van der Waals surface area contributed by atoms with E-state index in [0.29, 0.717) is 13.1 Å². The van der Waals surface area contributed by atoms with Gasteiger partial charge in [0.05, 0.1) is 6.54 Å². The predicted molar refractivity (Wildman–Crippen MR) is 79.6 cm³/mol. The van der Waals surface area contributed by atoms with Crippen LogP contribution in [0.3, 0.4) is 0 Å². The Morgan fingerprint density at radius 2 is 2.29 bits per heavy atom. The molecule has 0 unspecified atom stereocenters. The molecular weight excluding hydrogens is 291 g/mol. The summed E-state index contributed by atoms with van der Waals surface area (Å²) >= 11 is 1.33. The number of hydrogen-bond acceptors (Lipinski definition) is 4. The van der Waals surface area contributed by atoms with Gasteiger partial charge in [0.2, 0.25) is 5.91 Å². The second-order valence-corrected chi connectivity index (χ2v) is 4.93. The van der Waals surface area contributed by atoms with Crippen LogP contribution in [0.15, 0.2) is 48.5 Å². The molecule has 0 saturated carbocycles. The van der Waals surface area contributed by atoms with Crippen molar-refractivity contribution >= 4 is 17.4 Å². The van der Waals surface area contributed by atoms with E-state index < -0.39 is 5.82 Å². The summed E-state index contributed by atoms with van der Waals surface area (Å²) < 4.78 is 22.8. The molecule has 0 N–H and O–H groups in total. The highest BCUT2D eigenvalue weighted by molar-refractivity contribution is 7.03. The lowest BCUT2D eigenvalue weighted by atomic mass is 10.3. The van der Waals surface area contributed by atoms with Crippen molar-refractivity contribution in [2.24, 2.45) is 0 Å². The van der Waals surface area contributed by atoms with E-state index in [-0.39, 0.29) is 18.3 Å². The Kier molecular flexibility index (Phi) is 5.45. The largest absolute Gasteiger partial charge is 0.489 e. The van der Waals surface area contributed by atoms with Gasteiger partial charge in [0.25, 0.3) is 0 Å². The van der Waals surface area contributed by atoms with Gasteiger partial charge in [-0.15, -0.1) is 0 Å². The van der Waals surface area contributed by atoms with E-state index in [9.17, 15) is 9.18 Å². The average Bonchev–Trinajstić information content (AvgIpc) is 3.00. The zero-order chi connectivity index (χ0) is 15.1. The number of aromatic nitrogens is 1. The van der Waals surface area contributed by atoms with Crippen LogP contribution >= 0.6 is 11.5 Å². The lowest BCUT2D eigenvalue weighted by Crippen LogP contribution is -2.32. The number of ether oxygens (including phenoxy) is 1. The summed E-state index contributed by atoms with van der Waals surface area (Å²) in [6.07, 6.45) is 2.97. The first-order chi connectivity index (χ1) is 10.2. The van der Waals surface area contributed by atoms with Crippen LogP contribution in [0.5, 0.6) is 5.75 Å². The molecule has 21 heavy (non-hydrogen) atoms. The van der Waals surface area contributed by atoms with Gasteiger partial charge < -0.3 is 9.64 Å². The molecule has 0 aliphatic heterocycles. The average molecular weight is 306 g/mol. The quantitative estimate of drug-likeness (QED) is 0.739. The number of halogens is 1. The van der Waals surface area contributed by atoms with Crippen molar-refractivity contribution in [1.29, 1.82) is 0 Å². The Labute approximate surface area is 126 Å². The van der Waals surface area contributed by atoms with E-state index in [1.165, 1.54) is 23.7 Å². The monoisotopic (exact) mass is 306 g/mol. The lowest BCUT2D eigenvalue weighted by molar-refractivity contribution is -0.127. The van der Waals surface area contributed by atoms with Gasteiger partial charge in [0, 0.05) is 23.7 Å². The smallest absolute Gasteiger partial charge is 0.246 e. The van der Waals surface area contributed by atoms with Crippen molar-refractivity contribution < 1.29 is 13.9 Å². The SMILES string of the molecule is C=CC(=O)N(CCOc1ccccc1F)Cc1cnsc1. The molecule has 1 aromatic heterocycles. The molecule has 0 saturated heterocycles. The fraction of sp³-hybridized carbons (Fsp3) is 0.200. The second-order valence-electron chi connectivity index (χ2n) is 4.28. The van der Waals surface area contributed by atoms with Crippen LogP contribution in [-0.2, 0) is 11.3 Å². The van der Waals surface area contributed by atoms with E-state index in [1.807, 2.05) is 5.38 Å². The molecular formula is C15H15FN2O2S. The minimum Gasteiger partial charge on any atom is -0.489 e. The van der Waals surface area contributed by atoms with Crippen LogP contribution in [-0.4, -0.2) is 28.3 Å². The third-order valence-electron chi connectivity index (χ3n) is 2.80. The van der Waals surface area contributed by atoms with E-state index in [1.54, 1.807) is 29.3 Å². The molecule has 2 rings (SSSR count). The minimum atomic E-state index is -0.416. The fourth-order valence-corrected chi connectivity index (χ4v) is 2.28. The van der Waals surface area contributed by atoms with Crippen molar-refractivity contribution in [2.75, 3.05) is 13.2 Å². The van der Waals surface area contributed by atoms with Gasteiger partial charge in [-0.3, -0.25) is 4.79 Å².